The molecule has 0 saturated carbocycles. The van der Waals surface area contributed by atoms with Crippen molar-refractivity contribution in [3.63, 3.8) is 0 Å². The van der Waals surface area contributed by atoms with E-state index >= 15 is 0 Å². The number of rotatable bonds is 6. The predicted octanol–water partition coefficient (Wildman–Crippen LogP) is 4.11. The maximum Gasteiger partial charge on any atom is 0.224 e. The van der Waals surface area contributed by atoms with Crippen molar-refractivity contribution in [2.45, 2.75) is 31.6 Å². The number of thiazole rings is 1. The zero-order valence-corrected chi connectivity index (χ0v) is 16.3. The van der Waals surface area contributed by atoms with E-state index in [1.54, 1.807) is 35.6 Å². The Hall–Kier alpha value is -2.25. The fourth-order valence-corrected chi connectivity index (χ4v) is 4.80. The molecule has 26 heavy (non-hydrogen) atoms. The molecule has 0 aliphatic rings. The molecule has 1 N–H and O–H groups in total. The maximum absolute atomic E-state index is 12.3. The monoisotopic (exact) mass is 388 g/mol. The average Bonchev–Trinajstić information content (AvgIpc) is 2.94. The Morgan fingerprint density at radius 2 is 1.85 bits per heavy atom. The molecule has 5 nitrogen and oxygen atoms in total. The number of hydrogen-bond donors (Lipinski definition) is 1. The van der Waals surface area contributed by atoms with Crippen LogP contribution in [0.3, 0.4) is 0 Å². The second kappa shape index (κ2) is 7.55. The van der Waals surface area contributed by atoms with Crippen LogP contribution >= 0.6 is 11.3 Å². The van der Waals surface area contributed by atoms with Gasteiger partial charge in [-0.1, -0.05) is 17.7 Å². The molecule has 0 unspecified atom stereocenters. The minimum atomic E-state index is -3.36. The highest BCUT2D eigenvalue weighted by atomic mass is 32.2. The number of nitrogens with zero attached hydrogens (tertiary/aromatic N) is 1. The number of hydrogen-bond acceptors (Lipinski definition) is 5. The number of carbonyl (C=O) groups is 1. The van der Waals surface area contributed by atoms with Crippen molar-refractivity contribution in [2.24, 2.45) is 0 Å². The third-order valence-corrected chi connectivity index (χ3v) is 6.73. The molecule has 3 rings (SSSR count). The summed E-state index contributed by atoms with van der Waals surface area (Å²) in [5, 5.41) is 3.80. The van der Waals surface area contributed by atoms with E-state index in [0.717, 1.165) is 20.8 Å². The molecule has 1 heterocycles. The Labute approximate surface area is 157 Å². The van der Waals surface area contributed by atoms with Gasteiger partial charge in [0.25, 0.3) is 0 Å². The maximum atomic E-state index is 12.3. The van der Waals surface area contributed by atoms with Crippen LogP contribution in [0.4, 0.5) is 5.69 Å². The van der Waals surface area contributed by atoms with Crippen molar-refractivity contribution in [1.29, 1.82) is 0 Å². The van der Waals surface area contributed by atoms with E-state index < -0.39 is 9.84 Å². The molecule has 0 fully saturated rings. The summed E-state index contributed by atoms with van der Waals surface area (Å²) in [4.78, 5) is 16.8. The fraction of sp³-hybridized carbons (Fsp3) is 0.263. The van der Waals surface area contributed by atoms with Gasteiger partial charge in [0.1, 0.15) is 0 Å². The Morgan fingerprint density at radius 1 is 1.12 bits per heavy atom. The van der Waals surface area contributed by atoms with Crippen LogP contribution in [0.1, 0.15) is 23.4 Å². The first-order valence-electron chi connectivity index (χ1n) is 8.30. The topological polar surface area (TPSA) is 76.1 Å². The number of sulfone groups is 1. The van der Waals surface area contributed by atoms with Gasteiger partial charge >= 0.3 is 0 Å². The molecule has 0 spiro atoms. The van der Waals surface area contributed by atoms with Gasteiger partial charge in [0.2, 0.25) is 5.91 Å². The van der Waals surface area contributed by atoms with Gasteiger partial charge in [-0.15, -0.1) is 11.3 Å². The van der Waals surface area contributed by atoms with Crippen LogP contribution in [0.2, 0.25) is 0 Å². The third-order valence-electron chi connectivity index (χ3n) is 3.98. The number of carbonyl (C=O) groups excluding carboxylic acids is 1. The summed E-state index contributed by atoms with van der Waals surface area (Å²) in [6, 6.07) is 12.3. The van der Waals surface area contributed by atoms with Crippen molar-refractivity contribution < 1.29 is 13.2 Å². The number of aryl methyl sites for hydroxylation is 2. The number of fused-ring (bicyclic) bond motifs is 1. The van der Waals surface area contributed by atoms with Gasteiger partial charge in [-0.3, -0.25) is 4.79 Å². The smallest absolute Gasteiger partial charge is 0.224 e. The van der Waals surface area contributed by atoms with Gasteiger partial charge in [0.15, 0.2) is 9.84 Å². The van der Waals surface area contributed by atoms with Crippen LogP contribution in [0.25, 0.3) is 10.2 Å². The van der Waals surface area contributed by atoms with Crippen molar-refractivity contribution in [1.82, 2.24) is 4.98 Å². The molecule has 0 bridgehead atoms. The Morgan fingerprint density at radius 3 is 2.58 bits per heavy atom. The summed E-state index contributed by atoms with van der Waals surface area (Å²) >= 11 is 1.57. The summed E-state index contributed by atoms with van der Waals surface area (Å²) in [7, 11) is -3.36. The molecule has 1 amide bonds. The molecule has 0 atom stereocenters. The van der Waals surface area contributed by atoms with Crippen LogP contribution < -0.4 is 5.32 Å². The lowest BCUT2D eigenvalue weighted by molar-refractivity contribution is -0.116. The van der Waals surface area contributed by atoms with Gasteiger partial charge in [0, 0.05) is 12.1 Å². The molecular weight excluding hydrogens is 368 g/mol. The largest absolute Gasteiger partial charge is 0.326 e. The summed E-state index contributed by atoms with van der Waals surface area (Å²) in [5.74, 6) is -0.235. The van der Waals surface area contributed by atoms with Gasteiger partial charge in [0.05, 0.1) is 25.9 Å². The van der Waals surface area contributed by atoms with Crippen LogP contribution in [0, 0.1) is 13.8 Å². The lowest BCUT2D eigenvalue weighted by Gasteiger charge is -2.07. The predicted molar refractivity (Wildman–Crippen MR) is 105 cm³/mol. The molecule has 0 aliphatic carbocycles. The molecular formula is C19H20N2O3S2. The number of anilines is 1. The molecule has 0 saturated heterocycles. The lowest BCUT2D eigenvalue weighted by Crippen LogP contribution is -2.14. The van der Waals surface area contributed by atoms with Gasteiger partial charge in [-0.05, 0) is 50.6 Å². The van der Waals surface area contributed by atoms with Gasteiger partial charge in [-0.2, -0.15) is 0 Å². The molecule has 0 aliphatic heterocycles. The first-order chi connectivity index (χ1) is 12.3. The first kappa shape index (κ1) is 18.5. The molecule has 2 aromatic carbocycles. The van der Waals surface area contributed by atoms with Crippen LogP contribution in [0.15, 0.2) is 47.4 Å². The second-order valence-electron chi connectivity index (χ2n) is 6.20. The van der Waals surface area contributed by atoms with E-state index in [-0.39, 0.29) is 24.5 Å². The molecule has 136 valence electrons. The minimum absolute atomic E-state index is 0.0451. The summed E-state index contributed by atoms with van der Waals surface area (Å²) in [5.41, 5.74) is 2.62. The number of nitrogens with one attached hydrogen (secondary N) is 1. The van der Waals surface area contributed by atoms with Gasteiger partial charge in [-0.25, -0.2) is 13.4 Å². The number of amides is 1. The Bertz CT molecular complexity index is 1040. The fourth-order valence-electron chi connectivity index (χ4n) is 2.63. The number of aromatic nitrogens is 1. The average molecular weight is 389 g/mol. The quantitative estimate of drug-likeness (QED) is 0.689. The normalized spacial score (nSPS) is 11.6. The first-order valence-corrected chi connectivity index (χ1v) is 10.8. The van der Waals surface area contributed by atoms with Crippen LogP contribution in [-0.4, -0.2) is 25.1 Å². The van der Waals surface area contributed by atoms with Crippen LogP contribution in [0.5, 0.6) is 0 Å². The lowest BCUT2D eigenvalue weighted by atomic mass is 10.2. The third kappa shape index (κ3) is 4.47. The molecule has 7 heteroatoms. The highest BCUT2D eigenvalue weighted by molar-refractivity contribution is 7.91. The Kier molecular flexibility index (Phi) is 5.38. The molecule has 3 aromatic rings. The summed E-state index contributed by atoms with van der Waals surface area (Å²) in [6.45, 7) is 3.85. The van der Waals surface area contributed by atoms with E-state index in [0.29, 0.717) is 10.6 Å². The van der Waals surface area contributed by atoms with Gasteiger partial charge < -0.3 is 5.32 Å². The zero-order chi connectivity index (χ0) is 18.7. The second-order valence-corrected chi connectivity index (χ2v) is 9.54. The number of benzene rings is 2. The van der Waals surface area contributed by atoms with E-state index in [2.05, 4.69) is 10.3 Å². The van der Waals surface area contributed by atoms with E-state index in [1.165, 1.54) is 0 Å². The van der Waals surface area contributed by atoms with Crippen molar-refractivity contribution >= 4 is 43.0 Å². The summed E-state index contributed by atoms with van der Waals surface area (Å²) < 4.78 is 25.6. The molecule has 0 radical (unpaired) electrons. The van der Waals surface area contributed by atoms with Crippen molar-refractivity contribution in [3.05, 3.63) is 53.0 Å². The van der Waals surface area contributed by atoms with E-state index in [4.69, 9.17) is 0 Å². The Balaban J connectivity index is 1.55. The SMILES string of the molecule is Cc1ccc(S(=O)(=O)CCCC(=O)Nc2ccc3nc(C)sc3c2)cc1. The van der Waals surface area contributed by atoms with Crippen molar-refractivity contribution in [2.75, 3.05) is 11.1 Å². The highest BCUT2D eigenvalue weighted by Gasteiger charge is 2.15. The van der Waals surface area contributed by atoms with E-state index in [1.807, 2.05) is 32.0 Å². The van der Waals surface area contributed by atoms with Crippen LogP contribution in [-0.2, 0) is 14.6 Å². The van der Waals surface area contributed by atoms with Crippen molar-refractivity contribution in [3.8, 4) is 0 Å². The molecule has 1 aromatic heterocycles. The highest BCUT2D eigenvalue weighted by Crippen LogP contribution is 2.25. The van der Waals surface area contributed by atoms with E-state index in [9.17, 15) is 13.2 Å². The minimum Gasteiger partial charge on any atom is -0.326 e. The standard InChI is InChI=1S/C19H20N2O3S2/c1-13-5-8-16(9-6-13)26(23,24)11-3-4-19(22)21-15-7-10-17-18(12-15)25-14(2)20-17/h5-10,12H,3-4,11H2,1-2H3,(H,21,22). The summed E-state index contributed by atoms with van der Waals surface area (Å²) in [6.07, 6.45) is 0.439. The zero-order valence-electron chi connectivity index (χ0n) is 14.7.